The van der Waals surface area contributed by atoms with Crippen molar-refractivity contribution in [1.29, 1.82) is 0 Å². The van der Waals surface area contributed by atoms with Gasteiger partial charge in [-0.15, -0.1) is 0 Å². The van der Waals surface area contributed by atoms with Crippen LogP contribution < -0.4 is 10.6 Å². The van der Waals surface area contributed by atoms with Crippen molar-refractivity contribution in [2.24, 2.45) is 0 Å². The lowest BCUT2D eigenvalue weighted by Gasteiger charge is -2.10. The summed E-state index contributed by atoms with van der Waals surface area (Å²) in [5, 5.41) is 6.08. The predicted octanol–water partition coefficient (Wildman–Crippen LogP) is 5.91. The summed E-state index contributed by atoms with van der Waals surface area (Å²) in [6.45, 7) is -0.0254. The fraction of sp³-hybridized carbons (Fsp3) is 0.120. The zero-order valence-electron chi connectivity index (χ0n) is 17.9. The average Bonchev–Trinajstić information content (AvgIpc) is 3.18. The molecule has 0 fully saturated rings. The molecule has 5 nitrogen and oxygen atoms in total. The van der Waals surface area contributed by atoms with E-state index in [2.05, 4.69) is 31.5 Å². The molecule has 0 saturated heterocycles. The molecule has 0 bridgehead atoms. The molecule has 4 rings (SSSR count). The predicted molar refractivity (Wildman–Crippen MR) is 127 cm³/mol. The fourth-order valence-electron chi connectivity index (χ4n) is 3.67. The highest BCUT2D eigenvalue weighted by molar-refractivity contribution is 9.10. The molecule has 0 saturated carbocycles. The van der Waals surface area contributed by atoms with E-state index in [1.165, 1.54) is 12.1 Å². The van der Waals surface area contributed by atoms with Crippen molar-refractivity contribution in [3.8, 4) is 11.1 Å². The third-order valence-electron chi connectivity index (χ3n) is 5.38. The van der Waals surface area contributed by atoms with E-state index in [4.69, 9.17) is 0 Å². The lowest BCUT2D eigenvalue weighted by molar-refractivity contribution is -0.137. The van der Waals surface area contributed by atoms with Crippen LogP contribution >= 0.6 is 15.9 Å². The molecule has 3 aromatic carbocycles. The van der Waals surface area contributed by atoms with Crippen LogP contribution in [0.15, 0.2) is 71.2 Å². The standard InChI is InChI=1S/C25H19BrF3N3O2/c1-30-24(34)22-21(26)20-18(6-3-7-19(20)32-22)15-8-10-16(11-9-15)23(33)31-13-14-4-2-5-17(12-14)25(27,28)29/h2-12,32H,13H2,1H3,(H,30,34)(H,31,33). The first-order valence-electron chi connectivity index (χ1n) is 10.3. The quantitative estimate of drug-likeness (QED) is 0.301. The van der Waals surface area contributed by atoms with Gasteiger partial charge in [-0.25, -0.2) is 0 Å². The summed E-state index contributed by atoms with van der Waals surface area (Å²) in [4.78, 5) is 27.8. The molecule has 0 aliphatic rings. The van der Waals surface area contributed by atoms with Crippen molar-refractivity contribution < 1.29 is 22.8 Å². The monoisotopic (exact) mass is 529 g/mol. The number of aromatic amines is 1. The van der Waals surface area contributed by atoms with Crippen LogP contribution in [0, 0.1) is 0 Å². The summed E-state index contributed by atoms with van der Waals surface area (Å²) >= 11 is 3.51. The molecule has 174 valence electrons. The molecule has 34 heavy (non-hydrogen) atoms. The van der Waals surface area contributed by atoms with Gasteiger partial charge in [0.05, 0.1) is 10.0 Å². The third kappa shape index (κ3) is 4.70. The summed E-state index contributed by atoms with van der Waals surface area (Å²) in [5.74, 6) is -0.645. The van der Waals surface area contributed by atoms with Gasteiger partial charge in [0.25, 0.3) is 11.8 Å². The van der Waals surface area contributed by atoms with Crippen LogP contribution in [0.2, 0.25) is 0 Å². The molecule has 2 amide bonds. The molecule has 9 heteroatoms. The van der Waals surface area contributed by atoms with Gasteiger partial charge in [-0.2, -0.15) is 13.2 Å². The zero-order chi connectivity index (χ0) is 24.5. The van der Waals surface area contributed by atoms with Crippen LogP contribution in [0.25, 0.3) is 22.0 Å². The summed E-state index contributed by atoms with van der Waals surface area (Å²) in [7, 11) is 1.55. The van der Waals surface area contributed by atoms with Gasteiger partial charge in [0.1, 0.15) is 5.69 Å². The number of H-pyrrole nitrogens is 1. The minimum atomic E-state index is -4.44. The van der Waals surface area contributed by atoms with Crippen molar-refractivity contribution in [2.75, 3.05) is 7.05 Å². The Kier molecular flexibility index (Phi) is 6.47. The molecule has 1 heterocycles. The number of halogens is 4. The zero-order valence-corrected chi connectivity index (χ0v) is 19.5. The fourth-order valence-corrected chi connectivity index (χ4v) is 4.38. The van der Waals surface area contributed by atoms with E-state index < -0.39 is 17.6 Å². The first-order chi connectivity index (χ1) is 16.2. The molecule has 0 radical (unpaired) electrons. The summed E-state index contributed by atoms with van der Waals surface area (Å²) < 4.78 is 39.3. The number of hydrogen-bond donors (Lipinski definition) is 3. The first kappa shape index (κ1) is 23.6. The number of aromatic nitrogens is 1. The van der Waals surface area contributed by atoms with Crippen LogP contribution in [-0.4, -0.2) is 23.8 Å². The lowest BCUT2D eigenvalue weighted by Crippen LogP contribution is -2.23. The van der Waals surface area contributed by atoms with Gasteiger partial charge < -0.3 is 15.6 Å². The highest BCUT2D eigenvalue weighted by Crippen LogP contribution is 2.36. The van der Waals surface area contributed by atoms with Crippen molar-refractivity contribution in [2.45, 2.75) is 12.7 Å². The van der Waals surface area contributed by atoms with Crippen LogP contribution in [0.5, 0.6) is 0 Å². The highest BCUT2D eigenvalue weighted by Gasteiger charge is 2.30. The average molecular weight is 530 g/mol. The van der Waals surface area contributed by atoms with Crippen LogP contribution in [-0.2, 0) is 12.7 Å². The smallest absolute Gasteiger partial charge is 0.354 e. The maximum Gasteiger partial charge on any atom is 0.416 e. The minimum Gasteiger partial charge on any atom is -0.354 e. The first-order valence-corrected chi connectivity index (χ1v) is 11.1. The van der Waals surface area contributed by atoms with E-state index in [0.29, 0.717) is 21.3 Å². The van der Waals surface area contributed by atoms with Crippen molar-refractivity contribution in [3.05, 3.63) is 93.6 Å². The van der Waals surface area contributed by atoms with Crippen LogP contribution in [0.4, 0.5) is 13.2 Å². The molecule has 3 N–H and O–H groups in total. The number of hydrogen-bond acceptors (Lipinski definition) is 2. The Morgan fingerprint density at radius 2 is 1.68 bits per heavy atom. The van der Waals surface area contributed by atoms with E-state index >= 15 is 0 Å². The van der Waals surface area contributed by atoms with E-state index in [-0.39, 0.29) is 12.5 Å². The molecular formula is C25H19BrF3N3O2. The Balaban J connectivity index is 1.54. The lowest BCUT2D eigenvalue weighted by atomic mass is 10.00. The summed E-state index contributed by atoms with van der Waals surface area (Å²) in [6.07, 6.45) is -4.44. The van der Waals surface area contributed by atoms with Gasteiger partial charge in [-0.05, 0) is 63.0 Å². The normalized spacial score (nSPS) is 11.4. The Labute approximate surface area is 201 Å². The number of rotatable bonds is 5. The van der Waals surface area contributed by atoms with Gasteiger partial charge in [0.15, 0.2) is 0 Å². The maximum absolute atomic E-state index is 12.9. The molecule has 4 aromatic rings. The Hall–Kier alpha value is -3.59. The number of amides is 2. The number of benzene rings is 3. The second kappa shape index (κ2) is 9.34. The molecular weight excluding hydrogens is 511 g/mol. The van der Waals surface area contributed by atoms with Gasteiger partial charge in [0, 0.05) is 30.1 Å². The number of fused-ring (bicyclic) bond motifs is 1. The summed E-state index contributed by atoms with van der Waals surface area (Å²) in [5.41, 5.74) is 2.88. The molecule has 1 aromatic heterocycles. The molecule has 0 unspecified atom stereocenters. The number of carbonyl (C=O) groups is 2. The topological polar surface area (TPSA) is 74.0 Å². The second-order valence-corrected chi connectivity index (χ2v) is 8.37. The van der Waals surface area contributed by atoms with E-state index in [0.717, 1.165) is 34.2 Å². The second-order valence-electron chi connectivity index (χ2n) is 7.58. The number of carbonyl (C=O) groups excluding carboxylic acids is 2. The van der Waals surface area contributed by atoms with Crippen LogP contribution in [0.3, 0.4) is 0 Å². The number of nitrogens with one attached hydrogen (secondary N) is 3. The number of alkyl halides is 3. The Morgan fingerprint density at radius 1 is 0.971 bits per heavy atom. The van der Waals surface area contributed by atoms with Gasteiger partial charge in [0.2, 0.25) is 0 Å². The largest absolute Gasteiger partial charge is 0.416 e. The molecule has 0 atom stereocenters. The maximum atomic E-state index is 12.9. The SMILES string of the molecule is CNC(=O)c1[nH]c2cccc(-c3ccc(C(=O)NCc4cccc(C(F)(F)F)c4)cc3)c2c1Br. The molecule has 0 spiro atoms. The van der Waals surface area contributed by atoms with Gasteiger partial charge in [-0.3, -0.25) is 9.59 Å². The molecule has 0 aliphatic heterocycles. The Morgan fingerprint density at radius 3 is 2.35 bits per heavy atom. The van der Waals surface area contributed by atoms with Gasteiger partial charge >= 0.3 is 6.18 Å². The van der Waals surface area contributed by atoms with E-state index in [1.54, 1.807) is 31.3 Å². The summed E-state index contributed by atoms with van der Waals surface area (Å²) in [6, 6.07) is 17.4. The third-order valence-corrected chi connectivity index (χ3v) is 6.18. The Bertz CT molecular complexity index is 1380. The molecule has 0 aliphatic carbocycles. The van der Waals surface area contributed by atoms with Gasteiger partial charge in [-0.1, -0.05) is 36.4 Å². The van der Waals surface area contributed by atoms with Crippen LogP contribution in [0.1, 0.15) is 32.0 Å². The van der Waals surface area contributed by atoms with E-state index in [9.17, 15) is 22.8 Å². The van der Waals surface area contributed by atoms with Crippen molar-refractivity contribution in [1.82, 2.24) is 15.6 Å². The van der Waals surface area contributed by atoms with Crippen molar-refractivity contribution >= 4 is 38.6 Å². The van der Waals surface area contributed by atoms with Crippen molar-refractivity contribution in [3.63, 3.8) is 0 Å². The minimum absolute atomic E-state index is 0.0254. The van der Waals surface area contributed by atoms with E-state index in [1.807, 2.05) is 18.2 Å². The highest BCUT2D eigenvalue weighted by atomic mass is 79.9.